The molecule has 78 valence electrons. The molecular formula is C9H7ClN2O2S. The number of rotatable bonds is 2. The number of nitrogens with zero attached hydrogens (tertiary/aromatic N) is 2. The van der Waals surface area contributed by atoms with Crippen molar-refractivity contribution in [1.82, 2.24) is 9.97 Å². The molecule has 0 unspecified atom stereocenters. The molecule has 15 heavy (non-hydrogen) atoms. The molecule has 2 aromatic heterocycles. The number of hydrogen-bond donors (Lipinski definition) is 0. The van der Waals surface area contributed by atoms with Gasteiger partial charge < -0.3 is 4.74 Å². The SMILES string of the molecule is CCOC(=O)c1cc2nc(Cl)cnc2s1. The van der Waals surface area contributed by atoms with Crippen LogP contribution in [0.1, 0.15) is 16.6 Å². The predicted molar refractivity (Wildman–Crippen MR) is 58.4 cm³/mol. The van der Waals surface area contributed by atoms with Gasteiger partial charge in [0.25, 0.3) is 0 Å². The molecule has 0 atom stereocenters. The Morgan fingerprint density at radius 2 is 2.47 bits per heavy atom. The van der Waals surface area contributed by atoms with Crippen LogP contribution in [-0.4, -0.2) is 22.5 Å². The average Bonchev–Trinajstić information content (AvgIpc) is 2.60. The number of thiophene rings is 1. The molecule has 0 spiro atoms. The van der Waals surface area contributed by atoms with Gasteiger partial charge in [-0.1, -0.05) is 11.6 Å². The van der Waals surface area contributed by atoms with Crippen LogP contribution in [0.2, 0.25) is 5.15 Å². The highest BCUT2D eigenvalue weighted by molar-refractivity contribution is 7.20. The Bertz CT molecular complexity index is 512. The Labute approximate surface area is 94.9 Å². The molecule has 2 aromatic rings. The first-order chi connectivity index (χ1) is 7.20. The standard InChI is InChI=1S/C9H7ClN2O2S/c1-2-14-9(13)6-3-5-8(15-6)11-4-7(10)12-5/h3-4H,2H2,1H3. The third kappa shape index (κ3) is 2.08. The van der Waals surface area contributed by atoms with Crippen LogP contribution in [0.4, 0.5) is 0 Å². The zero-order valence-corrected chi connectivity index (χ0v) is 9.43. The number of carbonyl (C=O) groups is 1. The van der Waals surface area contributed by atoms with Crippen molar-refractivity contribution in [2.24, 2.45) is 0 Å². The van der Waals surface area contributed by atoms with Gasteiger partial charge in [-0.15, -0.1) is 11.3 Å². The van der Waals surface area contributed by atoms with E-state index in [2.05, 4.69) is 9.97 Å². The summed E-state index contributed by atoms with van der Waals surface area (Å²) in [7, 11) is 0. The summed E-state index contributed by atoms with van der Waals surface area (Å²) < 4.78 is 4.87. The van der Waals surface area contributed by atoms with E-state index >= 15 is 0 Å². The number of fused-ring (bicyclic) bond motifs is 1. The lowest BCUT2D eigenvalue weighted by molar-refractivity contribution is 0.0532. The fourth-order valence-electron chi connectivity index (χ4n) is 1.10. The summed E-state index contributed by atoms with van der Waals surface area (Å²) in [6.07, 6.45) is 1.45. The molecule has 0 amide bonds. The van der Waals surface area contributed by atoms with Gasteiger partial charge in [0.15, 0.2) is 0 Å². The molecule has 2 heterocycles. The number of ether oxygens (including phenoxy) is 1. The molecule has 0 bridgehead atoms. The van der Waals surface area contributed by atoms with Gasteiger partial charge in [0.2, 0.25) is 0 Å². The van der Waals surface area contributed by atoms with Crippen molar-refractivity contribution in [2.45, 2.75) is 6.92 Å². The van der Waals surface area contributed by atoms with Gasteiger partial charge in [0.05, 0.1) is 12.8 Å². The zero-order valence-electron chi connectivity index (χ0n) is 7.86. The van der Waals surface area contributed by atoms with E-state index in [1.165, 1.54) is 17.5 Å². The van der Waals surface area contributed by atoms with Crippen LogP contribution in [0, 0.1) is 0 Å². The number of carbonyl (C=O) groups excluding carboxylic acids is 1. The molecule has 4 nitrogen and oxygen atoms in total. The maximum atomic E-state index is 11.4. The molecular weight excluding hydrogens is 236 g/mol. The monoisotopic (exact) mass is 242 g/mol. The Kier molecular flexibility index (Phi) is 2.83. The summed E-state index contributed by atoms with van der Waals surface area (Å²) in [6.45, 7) is 2.12. The van der Waals surface area contributed by atoms with Gasteiger partial charge >= 0.3 is 5.97 Å². The van der Waals surface area contributed by atoms with E-state index in [-0.39, 0.29) is 5.97 Å². The predicted octanol–water partition coefficient (Wildman–Crippen LogP) is 2.52. The molecule has 0 aliphatic carbocycles. The van der Waals surface area contributed by atoms with Crippen molar-refractivity contribution in [1.29, 1.82) is 0 Å². The van der Waals surface area contributed by atoms with E-state index in [1.807, 2.05) is 0 Å². The van der Waals surface area contributed by atoms with Crippen molar-refractivity contribution < 1.29 is 9.53 Å². The van der Waals surface area contributed by atoms with E-state index in [4.69, 9.17) is 16.3 Å². The van der Waals surface area contributed by atoms with Gasteiger partial charge in [-0.05, 0) is 13.0 Å². The van der Waals surface area contributed by atoms with E-state index in [1.54, 1.807) is 13.0 Å². The van der Waals surface area contributed by atoms with Crippen LogP contribution in [-0.2, 0) is 4.74 Å². The second-order valence-electron chi connectivity index (χ2n) is 2.71. The fourth-order valence-corrected chi connectivity index (χ4v) is 2.08. The van der Waals surface area contributed by atoms with Crippen molar-refractivity contribution >= 4 is 39.3 Å². The van der Waals surface area contributed by atoms with E-state index in [0.29, 0.717) is 27.0 Å². The lowest BCUT2D eigenvalue weighted by atomic mass is 10.4. The van der Waals surface area contributed by atoms with Gasteiger partial charge in [0.1, 0.15) is 20.4 Å². The van der Waals surface area contributed by atoms with Crippen molar-refractivity contribution in [3.05, 3.63) is 22.3 Å². The summed E-state index contributed by atoms with van der Waals surface area (Å²) in [4.78, 5) is 20.7. The summed E-state index contributed by atoms with van der Waals surface area (Å²) >= 11 is 6.93. The summed E-state index contributed by atoms with van der Waals surface area (Å²) in [5.41, 5.74) is 0.621. The van der Waals surface area contributed by atoms with Crippen molar-refractivity contribution in [2.75, 3.05) is 6.61 Å². The molecule has 0 N–H and O–H groups in total. The molecule has 0 aromatic carbocycles. The molecule has 2 rings (SSSR count). The fraction of sp³-hybridized carbons (Fsp3) is 0.222. The third-order valence-corrected chi connectivity index (χ3v) is 2.88. The van der Waals surface area contributed by atoms with Gasteiger partial charge in [-0.25, -0.2) is 14.8 Å². The molecule has 0 radical (unpaired) electrons. The minimum absolute atomic E-state index is 0.315. The first-order valence-electron chi connectivity index (χ1n) is 4.30. The maximum Gasteiger partial charge on any atom is 0.348 e. The van der Waals surface area contributed by atoms with Crippen molar-refractivity contribution in [3.63, 3.8) is 0 Å². The van der Waals surface area contributed by atoms with Crippen LogP contribution in [0.5, 0.6) is 0 Å². The lowest BCUT2D eigenvalue weighted by Crippen LogP contribution is -2.01. The molecule has 0 aliphatic heterocycles. The highest BCUT2D eigenvalue weighted by Gasteiger charge is 2.12. The summed E-state index contributed by atoms with van der Waals surface area (Å²) in [6, 6.07) is 1.64. The van der Waals surface area contributed by atoms with Crippen molar-refractivity contribution in [3.8, 4) is 0 Å². The van der Waals surface area contributed by atoms with Crippen LogP contribution in [0.15, 0.2) is 12.3 Å². The first kappa shape index (κ1) is 10.3. The largest absolute Gasteiger partial charge is 0.462 e. The number of halogens is 1. The smallest absolute Gasteiger partial charge is 0.348 e. The molecule has 0 saturated heterocycles. The topological polar surface area (TPSA) is 52.1 Å². The van der Waals surface area contributed by atoms with Gasteiger partial charge in [-0.2, -0.15) is 0 Å². The molecule has 6 heteroatoms. The Balaban J connectivity index is 2.42. The van der Waals surface area contributed by atoms with Crippen LogP contribution in [0.25, 0.3) is 10.3 Å². The van der Waals surface area contributed by atoms with E-state index in [0.717, 1.165) is 0 Å². The maximum absolute atomic E-state index is 11.4. The van der Waals surface area contributed by atoms with Crippen LogP contribution in [0.3, 0.4) is 0 Å². The van der Waals surface area contributed by atoms with Gasteiger partial charge in [0, 0.05) is 0 Å². The summed E-state index contributed by atoms with van der Waals surface area (Å²) in [5.74, 6) is -0.349. The number of aromatic nitrogens is 2. The van der Waals surface area contributed by atoms with Crippen LogP contribution >= 0.6 is 22.9 Å². The minimum Gasteiger partial charge on any atom is -0.462 e. The Morgan fingerprint density at radius 1 is 1.67 bits per heavy atom. The molecule has 0 aliphatic rings. The normalized spacial score (nSPS) is 10.5. The van der Waals surface area contributed by atoms with Gasteiger partial charge in [-0.3, -0.25) is 0 Å². The quantitative estimate of drug-likeness (QED) is 0.760. The van der Waals surface area contributed by atoms with E-state index in [9.17, 15) is 4.79 Å². The second kappa shape index (κ2) is 4.12. The van der Waals surface area contributed by atoms with Crippen LogP contribution < -0.4 is 0 Å². The Morgan fingerprint density at radius 3 is 3.20 bits per heavy atom. The summed E-state index contributed by atoms with van der Waals surface area (Å²) in [5, 5.41) is 0.315. The average molecular weight is 243 g/mol. The van der Waals surface area contributed by atoms with E-state index < -0.39 is 0 Å². The Hall–Kier alpha value is -1.20. The zero-order chi connectivity index (χ0) is 10.8. The lowest BCUT2D eigenvalue weighted by Gasteiger charge is -1.95. The third-order valence-electron chi connectivity index (χ3n) is 1.69. The first-order valence-corrected chi connectivity index (χ1v) is 5.49. The second-order valence-corrected chi connectivity index (χ2v) is 4.13. The molecule has 0 saturated carbocycles. The highest BCUT2D eigenvalue weighted by Crippen LogP contribution is 2.23. The molecule has 0 fully saturated rings. The highest BCUT2D eigenvalue weighted by atomic mass is 35.5. The number of hydrogen-bond acceptors (Lipinski definition) is 5. The number of esters is 1. The minimum atomic E-state index is -0.349.